The fourth-order valence-corrected chi connectivity index (χ4v) is 3.92. The molecule has 3 N–H and O–H groups in total. The highest BCUT2D eigenvalue weighted by molar-refractivity contribution is 7.88. The van der Waals surface area contributed by atoms with Crippen LogP contribution in [0.25, 0.3) is 0 Å². The van der Waals surface area contributed by atoms with Gasteiger partial charge in [-0.1, -0.05) is 36.4 Å². The van der Waals surface area contributed by atoms with Gasteiger partial charge in [0, 0.05) is 31.9 Å². The minimum absolute atomic E-state index is 0.0217. The first-order valence-electron chi connectivity index (χ1n) is 10.7. The molecule has 8 heteroatoms. The smallest absolute Gasteiger partial charge is 0.215 e. The van der Waals surface area contributed by atoms with Crippen LogP contribution in [-0.2, 0) is 22.3 Å². The second-order valence-corrected chi connectivity index (χ2v) is 9.25. The van der Waals surface area contributed by atoms with Crippen LogP contribution >= 0.6 is 0 Å². The second-order valence-electron chi connectivity index (χ2n) is 7.32. The fraction of sp³-hybridized carbons (Fsp3) is 0.435. The number of benzene rings is 2. The van der Waals surface area contributed by atoms with E-state index >= 15 is 0 Å². The van der Waals surface area contributed by atoms with Crippen LogP contribution in [0.4, 0.5) is 5.69 Å². The molecule has 0 radical (unpaired) electrons. The molecule has 0 atom stereocenters. The number of aryl methyl sites for hydroxylation is 1. The molecule has 0 aromatic heterocycles. The number of aliphatic imine (C=N–C) groups is 1. The van der Waals surface area contributed by atoms with E-state index in [0.29, 0.717) is 6.54 Å². The van der Waals surface area contributed by atoms with Gasteiger partial charge >= 0.3 is 0 Å². The van der Waals surface area contributed by atoms with Crippen LogP contribution in [0.1, 0.15) is 30.5 Å². The summed E-state index contributed by atoms with van der Waals surface area (Å²) in [6, 6.07) is 16.1. The molecule has 0 spiro atoms. The Hall–Kier alpha value is -2.58. The number of anilines is 1. The summed E-state index contributed by atoms with van der Waals surface area (Å²) < 4.78 is 25.7. The molecule has 0 saturated heterocycles. The Morgan fingerprint density at radius 2 is 1.74 bits per heavy atom. The van der Waals surface area contributed by atoms with E-state index in [0.717, 1.165) is 43.3 Å². The predicted molar refractivity (Wildman–Crippen MR) is 130 cm³/mol. The average molecular weight is 446 g/mol. The van der Waals surface area contributed by atoms with E-state index < -0.39 is 10.0 Å². The molecule has 0 bridgehead atoms. The molecule has 0 heterocycles. The van der Waals surface area contributed by atoms with Gasteiger partial charge in [0.05, 0.1) is 12.3 Å². The van der Waals surface area contributed by atoms with E-state index in [9.17, 15) is 8.42 Å². The molecule has 0 saturated carbocycles. The van der Waals surface area contributed by atoms with Gasteiger partial charge in [0.15, 0.2) is 5.96 Å². The normalized spacial score (nSPS) is 11.9. The quantitative estimate of drug-likeness (QED) is 0.366. The molecule has 2 aromatic carbocycles. The maximum absolute atomic E-state index is 11.7. The van der Waals surface area contributed by atoms with Gasteiger partial charge in [0.25, 0.3) is 0 Å². The van der Waals surface area contributed by atoms with Gasteiger partial charge in [-0.15, -0.1) is 0 Å². The predicted octanol–water partition coefficient (Wildman–Crippen LogP) is 2.63. The van der Waals surface area contributed by atoms with Crippen LogP contribution in [0.2, 0.25) is 0 Å². The van der Waals surface area contributed by atoms with Crippen LogP contribution in [-0.4, -0.2) is 47.6 Å². The third-order valence-electron chi connectivity index (χ3n) is 4.88. The van der Waals surface area contributed by atoms with Gasteiger partial charge in [-0.25, -0.2) is 18.1 Å². The molecular weight excluding hydrogens is 410 g/mol. The maximum atomic E-state index is 11.7. The molecule has 2 aromatic rings. The van der Waals surface area contributed by atoms with Crippen molar-refractivity contribution in [2.24, 2.45) is 4.99 Å². The number of nitrogens with zero attached hydrogens (tertiary/aromatic N) is 2. The molecule has 0 aliphatic rings. The van der Waals surface area contributed by atoms with Gasteiger partial charge in [0.1, 0.15) is 0 Å². The maximum Gasteiger partial charge on any atom is 0.215 e. The molecule has 2 rings (SSSR count). The van der Waals surface area contributed by atoms with Crippen molar-refractivity contribution in [3.63, 3.8) is 0 Å². The van der Waals surface area contributed by atoms with Crippen molar-refractivity contribution in [1.29, 1.82) is 0 Å². The van der Waals surface area contributed by atoms with E-state index in [1.54, 1.807) is 0 Å². The summed E-state index contributed by atoms with van der Waals surface area (Å²) in [6.07, 6.45) is 0. The number of nitrogens with one attached hydrogen (secondary N) is 3. The minimum atomic E-state index is -3.26. The van der Waals surface area contributed by atoms with Crippen molar-refractivity contribution in [1.82, 2.24) is 15.4 Å². The highest BCUT2D eigenvalue weighted by atomic mass is 32.2. The van der Waals surface area contributed by atoms with Gasteiger partial charge in [-0.05, 0) is 56.6 Å². The molecule has 0 amide bonds. The van der Waals surface area contributed by atoms with Crippen LogP contribution < -0.4 is 20.3 Å². The Labute approximate surface area is 187 Å². The fourth-order valence-electron chi connectivity index (χ4n) is 3.15. The molecule has 0 fully saturated rings. The van der Waals surface area contributed by atoms with E-state index in [4.69, 9.17) is 0 Å². The lowest BCUT2D eigenvalue weighted by Crippen LogP contribution is -2.41. The van der Waals surface area contributed by atoms with Gasteiger partial charge in [-0.2, -0.15) is 0 Å². The Bertz CT molecular complexity index is 943. The van der Waals surface area contributed by atoms with E-state index in [2.05, 4.69) is 63.4 Å². The largest absolute Gasteiger partial charge is 0.370 e. The van der Waals surface area contributed by atoms with Crippen molar-refractivity contribution < 1.29 is 8.42 Å². The van der Waals surface area contributed by atoms with Crippen LogP contribution in [0.5, 0.6) is 0 Å². The van der Waals surface area contributed by atoms with Crippen LogP contribution in [0.3, 0.4) is 0 Å². The third kappa shape index (κ3) is 8.59. The summed E-state index contributed by atoms with van der Waals surface area (Å²) in [5.74, 6) is 0.746. The number of hydrogen-bond donors (Lipinski definition) is 3. The summed E-state index contributed by atoms with van der Waals surface area (Å²) in [5, 5.41) is 6.68. The van der Waals surface area contributed by atoms with Gasteiger partial charge in [0.2, 0.25) is 10.0 Å². The first kappa shape index (κ1) is 24.7. The van der Waals surface area contributed by atoms with Crippen molar-refractivity contribution in [2.75, 3.05) is 38.1 Å². The second kappa shape index (κ2) is 12.3. The zero-order valence-corrected chi connectivity index (χ0v) is 19.8. The lowest BCUT2D eigenvalue weighted by molar-refractivity contribution is 0.587. The Kier molecular flexibility index (Phi) is 9.81. The summed E-state index contributed by atoms with van der Waals surface area (Å²) >= 11 is 0. The van der Waals surface area contributed by atoms with Gasteiger partial charge < -0.3 is 15.5 Å². The zero-order valence-electron chi connectivity index (χ0n) is 19.0. The monoisotopic (exact) mass is 445 g/mol. The third-order valence-corrected chi connectivity index (χ3v) is 6.21. The first-order chi connectivity index (χ1) is 14.9. The number of rotatable bonds is 11. The molecule has 0 aliphatic heterocycles. The molecule has 170 valence electrons. The molecule has 31 heavy (non-hydrogen) atoms. The van der Waals surface area contributed by atoms with Crippen molar-refractivity contribution >= 4 is 21.7 Å². The first-order valence-corrected chi connectivity index (χ1v) is 12.3. The Morgan fingerprint density at radius 1 is 1.03 bits per heavy atom. The number of guanidine groups is 1. The van der Waals surface area contributed by atoms with Crippen molar-refractivity contribution in [2.45, 2.75) is 33.1 Å². The summed E-state index contributed by atoms with van der Waals surface area (Å²) in [5.41, 5.74) is 4.26. The highest BCUT2D eigenvalue weighted by Gasteiger charge is 2.08. The topological polar surface area (TPSA) is 85.8 Å². The lowest BCUT2D eigenvalue weighted by Gasteiger charge is -2.24. The summed E-state index contributed by atoms with van der Waals surface area (Å²) in [4.78, 5) is 6.99. The zero-order chi connectivity index (χ0) is 22.7. The Morgan fingerprint density at radius 3 is 2.35 bits per heavy atom. The number of likely N-dealkylation sites (N-methyl/N-ethyl adjacent to an activating group) is 1. The molecular formula is C23H35N5O2S. The van der Waals surface area contributed by atoms with Crippen LogP contribution in [0.15, 0.2) is 53.5 Å². The highest BCUT2D eigenvalue weighted by Crippen LogP contribution is 2.15. The standard InChI is InChI=1S/C23H35N5O2S/c1-5-25-23(26-14-15-28(6-2)22-9-7-8-19(3)16-22)27-17-20-10-12-21(13-11-20)18-31(29,30)24-4/h7-13,16,24H,5-6,14-15,17-18H2,1-4H3,(H2,25,26,27). The molecule has 7 nitrogen and oxygen atoms in total. The minimum Gasteiger partial charge on any atom is -0.370 e. The molecule has 0 aliphatic carbocycles. The molecule has 0 unspecified atom stereocenters. The van der Waals surface area contributed by atoms with E-state index in [1.807, 2.05) is 31.2 Å². The van der Waals surface area contributed by atoms with Gasteiger partial charge in [-0.3, -0.25) is 0 Å². The lowest BCUT2D eigenvalue weighted by atomic mass is 10.1. The van der Waals surface area contributed by atoms with Crippen LogP contribution in [0, 0.1) is 6.92 Å². The van der Waals surface area contributed by atoms with E-state index in [1.165, 1.54) is 18.3 Å². The van der Waals surface area contributed by atoms with E-state index in [-0.39, 0.29) is 5.75 Å². The van der Waals surface area contributed by atoms with Crippen molar-refractivity contribution in [3.8, 4) is 0 Å². The number of sulfonamides is 1. The summed E-state index contributed by atoms with van der Waals surface area (Å²) in [6.45, 7) is 10.2. The SMILES string of the molecule is CCNC(=NCc1ccc(CS(=O)(=O)NC)cc1)NCCN(CC)c1cccc(C)c1. The average Bonchev–Trinajstić information content (AvgIpc) is 2.75. The Balaban J connectivity index is 1.92. The van der Waals surface area contributed by atoms with Crippen molar-refractivity contribution in [3.05, 3.63) is 65.2 Å². The number of hydrogen-bond acceptors (Lipinski definition) is 4. The summed E-state index contributed by atoms with van der Waals surface area (Å²) in [7, 11) is -1.84.